The van der Waals surface area contributed by atoms with E-state index in [4.69, 9.17) is 0 Å². The van der Waals surface area contributed by atoms with Gasteiger partial charge in [-0.3, -0.25) is 4.90 Å². The molecule has 2 saturated carbocycles. The van der Waals surface area contributed by atoms with Gasteiger partial charge < -0.3 is 5.32 Å². The van der Waals surface area contributed by atoms with Gasteiger partial charge >= 0.3 is 0 Å². The average molecular weight is 272 g/mol. The molecule has 3 fully saturated rings. The van der Waals surface area contributed by atoms with Gasteiger partial charge in [0.25, 0.3) is 6.43 Å². The maximum atomic E-state index is 13.0. The summed E-state index contributed by atoms with van der Waals surface area (Å²) in [6, 6.07) is 0. The number of nitrogens with one attached hydrogen (secondary N) is 1. The first kappa shape index (κ1) is 13.7. The van der Waals surface area contributed by atoms with Crippen molar-refractivity contribution in [2.24, 2.45) is 0 Å². The first-order valence-corrected chi connectivity index (χ1v) is 7.93. The number of nitrogens with zero attached hydrogens (tertiary/aromatic N) is 1. The lowest BCUT2D eigenvalue weighted by Crippen LogP contribution is -2.70. The Morgan fingerprint density at radius 1 is 0.947 bits per heavy atom. The summed E-state index contributed by atoms with van der Waals surface area (Å²) in [5.74, 6) is 0. The predicted octanol–water partition coefficient (Wildman–Crippen LogP) is 3.17. The molecule has 3 aliphatic rings. The van der Waals surface area contributed by atoms with Crippen LogP contribution in [-0.4, -0.2) is 42.0 Å². The van der Waals surface area contributed by atoms with E-state index in [0.717, 1.165) is 25.9 Å². The number of alkyl halides is 2. The summed E-state index contributed by atoms with van der Waals surface area (Å²) in [5.41, 5.74) is 0.181. The summed E-state index contributed by atoms with van der Waals surface area (Å²) in [6.07, 6.45) is 8.52. The van der Waals surface area contributed by atoms with Crippen LogP contribution in [0, 0.1) is 0 Å². The fourth-order valence-corrected chi connectivity index (χ4v) is 4.57. The Morgan fingerprint density at radius 3 is 2.21 bits per heavy atom. The van der Waals surface area contributed by atoms with E-state index in [1.54, 1.807) is 0 Å². The molecule has 2 nitrogen and oxygen atoms in total. The third-order valence-electron chi connectivity index (χ3n) is 5.66. The molecule has 0 bridgehead atoms. The zero-order valence-electron chi connectivity index (χ0n) is 11.8. The Labute approximate surface area is 114 Å². The highest BCUT2D eigenvalue weighted by molar-refractivity contribution is 5.07. The molecule has 2 spiro atoms. The van der Waals surface area contributed by atoms with Crippen molar-refractivity contribution in [3.63, 3.8) is 0 Å². The fraction of sp³-hybridized carbons (Fsp3) is 1.00. The highest BCUT2D eigenvalue weighted by Gasteiger charge is 2.48. The van der Waals surface area contributed by atoms with E-state index in [2.05, 4.69) is 10.2 Å². The van der Waals surface area contributed by atoms with Crippen molar-refractivity contribution < 1.29 is 8.78 Å². The van der Waals surface area contributed by atoms with Crippen LogP contribution in [0.2, 0.25) is 0 Å². The third kappa shape index (κ3) is 2.66. The van der Waals surface area contributed by atoms with Gasteiger partial charge in [-0.2, -0.15) is 0 Å². The van der Waals surface area contributed by atoms with E-state index in [9.17, 15) is 8.78 Å². The standard InChI is InChI=1S/C15H26F2N2/c16-13(17)10-19-12-14(6-4-5-7-14)18-11-15(19)8-2-1-3-9-15/h13,18H,1-12H2. The molecular weight excluding hydrogens is 246 g/mol. The zero-order valence-corrected chi connectivity index (χ0v) is 11.8. The molecule has 4 heteroatoms. The monoisotopic (exact) mass is 272 g/mol. The zero-order chi connectivity index (χ0) is 13.3. The molecule has 0 radical (unpaired) electrons. The minimum Gasteiger partial charge on any atom is -0.308 e. The van der Waals surface area contributed by atoms with Crippen molar-refractivity contribution >= 4 is 0 Å². The van der Waals surface area contributed by atoms with Crippen molar-refractivity contribution in [1.82, 2.24) is 10.2 Å². The van der Waals surface area contributed by atoms with E-state index < -0.39 is 6.43 Å². The minimum absolute atomic E-state index is 0.0244. The second-order valence-electron chi connectivity index (χ2n) is 6.90. The molecule has 0 aromatic carbocycles. The van der Waals surface area contributed by atoms with Crippen molar-refractivity contribution in [2.75, 3.05) is 19.6 Å². The molecule has 0 aromatic rings. The van der Waals surface area contributed by atoms with E-state index in [1.165, 1.54) is 44.9 Å². The Kier molecular flexibility index (Phi) is 3.82. The Morgan fingerprint density at radius 2 is 1.58 bits per heavy atom. The molecule has 0 unspecified atom stereocenters. The van der Waals surface area contributed by atoms with Crippen molar-refractivity contribution in [2.45, 2.75) is 75.3 Å². The highest BCUT2D eigenvalue weighted by atomic mass is 19.3. The van der Waals surface area contributed by atoms with Crippen molar-refractivity contribution in [3.05, 3.63) is 0 Å². The summed E-state index contributed by atoms with van der Waals surface area (Å²) < 4.78 is 25.9. The minimum atomic E-state index is -2.20. The van der Waals surface area contributed by atoms with Gasteiger partial charge in [0, 0.05) is 24.2 Å². The fourth-order valence-electron chi connectivity index (χ4n) is 4.57. The van der Waals surface area contributed by atoms with Crippen LogP contribution in [0.15, 0.2) is 0 Å². The maximum absolute atomic E-state index is 13.0. The molecule has 19 heavy (non-hydrogen) atoms. The van der Waals surface area contributed by atoms with Crippen LogP contribution in [0.4, 0.5) is 8.78 Å². The second kappa shape index (κ2) is 5.28. The van der Waals surface area contributed by atoms with E-state index in [0.29, 0.717) is 0 Å². The molecule has 2 aliphatic carbocycles. The molecule has 0 amide bonds. The van der Waals surface area contributed by atoms with Crippen LogP contribution in [0.5, 0.6) is 0 Å². The number of piperazine rings is 1. The van der Waals surface area contributed by atoms with Gasteiger partial charge in [-0.1, -0.05) is 32.1 Å². The molecule has 1 saturated heterocycles. The van der Waals surface area contributed by atoms with Crippen LogP contribution in [0.1, 0.15) is 57.8 Å². The summed E-state index contributed by atoms with van der Waals surface area (Å²) in [6.45, 7) is 1.75. The first-order chi connectivity index (χ1) is 9.14. The summed E-state index contributed by atoms with van der Waals surface area (Å²) >= 11 is 0. The maximum Gasteiger partial charge on any atom is 0.251 e. The lowest BCUT2D eigenvalue weighted by molar-refractivity contribution is -0.0488. The van der Waals surface area contributed by atoms with Gasteiger partial charge in [0.1, 0.15) is 0 Å². The number of halogens is 2. The molecular formula is C15H26F2N2. The Bertz CT molecular complexity index is 307. The van der Waals surface area contributed by atoms with Gasteiger partial charge in [-0.25, -0.2) is 8.78 Å². The topological polar surface area (TPSA) is 15.3 Å². The van der Waals surface area contributed by atoms with Gasteiger partial charge in [0.2, 0.25) is 0 Å². The lowest BCUT2D eigenvalue weighted by Gasteiger charge is -2.55. The molecule has 3 rings (SSSR count). The largest absolute Gasteiger partial charge is 0.308 e. The number of hydrogen-bond acceptors (Lipinski definition) is 2. The van der Waals surface area contributed by atoms with E-state index in [-0.39, 0.29) is 17.6 Å². The van der Waals surface area contributed by atoms with Crippen molar-refractivity contribution in [3.8, 4) is 0 Å². The summed E-state index contributed by atoms with van der Waals surface area (Å²) in [7, 11) is 0. The van der Waals surface area contributed by atoms with Gasteiger partial charge in [0.15, 0.2) is 0 Å². The number of hydrogen-bond donors (Lipinski definition) is 1. The quantitative estimate of drug-likeness (QED) is 0.830. The molecule has 1 N–H and O–H groups in total. The summed E-state index contributed by atoms with van der Waals surface area (Å²) in [5, 5.41) is 3.77. The molecule has 0 aromatic heterocycles. The molecule has 1 heterocycles. The van der Waals surface area contributed by atoms with Crippen LogP contribution < -0.4 is 5.32 Å². The highest BCUT2D eigenvalue weighted by Crippen LogP contribution is 2.41. The lowest BCUT2D eigenvalue weighted by atomic mass is 9.76. The first-order valence-electron chi connectivity index (χ1n) is 7.93. The van der Waals surface area contributed by atoms with Gasteiger partial charge in [-0.05, 0) is 25.7 Å². The normalized spacial score (nSPS) is 30.5. The third-order valence-corrected chi connectivity index (χ3v) is 5.66. The van der Waals surface area contributed by atoms with E-state index in [1.807, 2.05) is 0 Å². The Balaban J connectivity index is 1.76. The number of rotatable bonds is 2. The smallest absolute Gasteiger partial charge is 0.251 e. The molecule has 0 atom stereocenters. The van der Waals surface area contributed by atoms with Gasteiger partial charge in [-0.15, -0.1) is 0 Å². The van der Waals surface area contributed by atoms with Crippen LogP contribution in [-0.2, 0) is 0 Å². The van der Waals surface area contributed by atoms with Crippen LogP contribution >= 0.6 is 0 Å². The van der Waals surface area contributed by atoms with Crippen LogP contribution in [0.3, 0.4) is 0 Å². The molecule has 110 valence electrons. The van der Waals surface area contributed by atoms with Crippen LogP contribution in [0.25, 0.3) is 0 Å². The predicted molar refractivity (Wildman–Crippen MR) is 72.6 cm³/mol. The Hall–Kier alpha value is -0.220. The average Bonchev–Trinajstić information content (AvgIpc) is 2.84. The van der Waals surface area contributed by atoms with Crippen molar-refractivity contribution in [1.29, 1.82) is 0 Å². The van der Waals surface area contributed by atoms with E-state index >= 15 is 0 Å². The van der Waals surface area contributed by atoms with Gasteiger partial charge in [0.05, 0.1) is 6.54 Å². The second-order valence-corrected chi connectivity index (χ2v) is 6.90. The summed E-state index contributed by atoms with van der Waals surface area (Å²) in [4.78, 5) is 2.17. The SMILES string of the molecule is FC(F)CN1CC2(CCCC2)NCC12CCCCC2. The molecule has 1 aliphatic heterocycles.